The van der Waals surface area contributed by atoms with E-state index in [4.69, 9.17) is 5.73 Å². The van der Waals surface area contributed by atoms with Crippen molar-refractivity contribution in [3.63, 3.8) is 0 Å². The number of hydrogen-bond donors (Lipinski definition) is 3. The van der Waals surface area contributed by atoms with E-state index < -0.39 is 5.91 Å². The molecule has 0 spiro atoms. The van der Waals surface area contributed by atoms with E-state index in [1.165, 1.54) is 34.4 Å². The summed E-state index contributed by atoms with van der Waals surface area (Å²) in [7, 11) is 0. The number of rotatable bonds is 7. The number of amides is 2. The molecule has 128 valence electrons. The number of primary amides is 1. The average Bonchev–Trinajstić information content (AvgIpc) is 3.23. The molecule has 0 aliphatic rings. The Morgan fingerprint density at radius 1 is 1.16 bits per heavy atom. The highest BCUT2D eigenvalue weighted by atomic mass is 32.2. The molecule has 25 heavy (non-hydrogen) atoms. The van der Waals surface area contributed by atoms with Crippen molar-refractivity contribution >= 4 is 62.1 Å². The van der Waals surface area contributed by atoms with E-state index in [9.17, 15) is 9.59 Å². The first-order chi connectivity index (χ1) is 12.1. The SMILES string of the molecule is NC(=O)c1ccsc1NC(=O)CSc1nnc(Nc2ccccc2)s1. The predicted octanol–water partition coefficient (Wildman–Crippen LogP) is 3.17. The molecule has 7 nitrogen and oxygen atoms in total. The number of nitrogens with one attached hydrogen (secondary N) is 2. The zero-order chi connectivity index (χ0) is 17.6. The van der Waals surface area contributed by atoms with Crippen molar-refractivity contribution in [2.24, 2.45) is 5.73 Å². The lowest BCUT2D eigenvalue weighted by Gasteiger charge is -2.03. The van der Waals surface area contributed by atoms with Crippen LogP contribution in [0.3, 0.4) is 0 Å². The first-order valence-corrected chi connectivity index (χ1v) is 9.75. The molecular formula is C15H13N5O2S3. The number of thiophene rings is 1. The highest BCUT2D eigenvalue weighted by Crippen LogP contribution is 2.28. The van der Waals surface area contributed by atoms with Crippen LogP contribution in [0.1, 0.15) is 10.4 Å². The third-order valence-electron chi connectivity index (χ3n) is 2.94. The quantitative estimate of drug-likeness (QED) is 0.534. The average molecular weight is 392 g/mol. The maximum Gasteiger partial charge on any atom is 0.251 e. The molecule has 0 aliphatic heterocycles. The van der Waals surface area contributed by atoms with Gasteiger partial charge in [0.05, 0.1) is 11.3 Å². The van der Waals surface area contributed by atoms with E-state index in [2.05, 4.69) is 20.8 Å². The van der Waals surface area contributed by atoms with Gasteiger partial charge in [-0.3, -0.25) is 9.59 Å². The van der Waals surface area contributed by atoms with E-state index >= 15 is 0 Å². The maximum atomic E-state index is 12.0. The number of hydrogen-bond acceptors (Lipinski definition) is 8. The van der Waals surface area contributed by atoms with Crippen molar-refractivity contribution < 1.29 is 9.59 Å². The molecular weight excluding hydrogens is 378 g/mol. The summed E-state index contributed by atoms with van der Waals surface area (Å²) in [6.07, 6.45) is 0. The first kappa shape index (κ1) is 17.4. The molecule has 10 heteroatoms. The van der Waals surface area contributed by atoms with Gasteiger partial charge in [0.15, 0.2) is 4.34 Å². The van der Waals surface area contributed by atoms with Gasteiger partial charge in [0, 0.05) is 5.69 Å². The lowest BCUT2D eigenvalue weighted by molar-refractivity contribution is -0.113. The van der Waals surface area contributed by atoms with Gasteiger partial charge in [0.25, 0.3) is 5.91 Å². The largest absolute Gasteiger partial charge is 0.366 e. The summed E-state index contributed by atoms with van der Waals surface area (Å²) in [5.41, 5.74) is 6.49. The van der Waals surface area contributed by atoms with E-state index in [-0.39, 0.29) is 11.7 Å². The second-order valence-electron chi connectivity index (χ2n) is 4.73. The summed E-state index contributed by atoms with van der Waals surface area (Å²) >= 11 is 3.90. The number of aromatic nitrogens is 2. The summed E-state index contributed by atoms with van der Waals surface area (Å²) in [5, 5.41) is 16.7. The zero-order valence-corrected chi connectivity index (χ0v) is 15.2. The van der Waals surface area contributed by atoms with Crippen LogP contribution in [0, 0.1) is 0 Å². The molecule has 2 heterocycles. The Hall–Kier alpha value is -2.43. The molecule has 3 aromatic rings. The molecule has 1 aromatic carbocycles. The highest BCUT2D eigenvalue weighted by molar-refractivity contribution is 8.01. The number of benzene rings is 1. The predicted molar refractivity (Wildman–Crippen MR) is 102 cm³/mol. The highest BCUT2D eigenvalue weighted by Gasteiger charge is 2.13. The summed E-state index contributed by atoms with van der Waals surface area (Å²) in [6, 6.07) is 11.2. The fourth-order valence-corrected chi connectivity index (χ4v) is 4.23. The van der Waals surface area contributed by atoms with Crippen molar-refractivity contribution in [3.8, 4) is 0 Å². The van der Waals surface area contributed by atoms with Gasteiger partial charge in [-0.25, -0.2) is 0 Å². The van der Waals surface area contributed by atoms with E-state index in [0.29, 0.717) is 20.0 Å². The van der Waals surface area contributed by atoms with Crippen molar-refractivity contribution in [3.05, 3.63) is 47.3 Å². The number of nitrogens with two attached hydrogens (primary N) is 1. The second kappa shape index (κ2) is 8.10. The number of carbonyl (C=O) groups is 2. The molecule has 0 saturated carbocycles. The molecule has 0 fully saturated rings. The van der Waals surface area contributed by atoms with Crippen molar-refractivity contribution in [2.75, 3.05) is 16.4 Å². The van der Waals surface area contributed by atoms with Gasteiger partial charge in [-0.15, -0.1) is 21.5 Å². The van der Waals surface area contributed by atoms with Gasteiger partial charge in [-0.2, -0.15) is 0 Å². The minimum absolute atomic E-state index is 0.163. The van der Waals surface area contributed by atoms with Gasteiger partial charge in [0.1, 0.15) is 5.00 Å². The standard InChI is InChI=1S/C15H13N5O2S3/c16-12(22)10-6-7-23-13(10)18-11(21)8-24-15-20-19-14(25-15)17-9-4-2-1-3-5-9/h1-7H,8H2,(H2,16,22)(H,17,19)(H,18,21). The molecule has 2 aromatic heterocycles. The number of nitrogens with zero attached hydrogens (tertiary/aromatic N) is 2. The molecule has 0 radical (unpaired) electrons. The van der Waals surface area contributed by atoms with Gasteiger partial charge in [-0.05, 0) is 23.6 Å². The first-order valence-electron chi connectivity index (χ1n) is 7.07. The van der Waals surface area contributed by atoms with Crippen molar-refractivity contribution in [1.82, 2.24) is 10.2 Å². The monoisotopic (exact) mass is 391 g/mol. The van der Waals surface area contributed by atoms with Crippen LogP contribution in [-0.4, -0.2) is 27.8 Å². The van der Waals surface area contributed by atoms with Crippen LogP contribution < -0.4 is 16.4 Å². The van der Waals surface area contributed by atoms with Crippen LogP contribution in [-0.2, 0) is 4.79 Å². The minimum Gasteiger partial charge on any atom is -0.366 e. The van der Waals surface area contributed by atoms with Crippen molar-refractivity contribution in [1.29, 1.82) is 0 Å². The lowest BCUT2D eigenvalue weighted by Crippen LogP contribution is -2.17. The topological polar surface area (TPSA) is 110 Å². The Morgan fingerprint density at radius 2 is 1.96 bits per heavy atom. The number of thioether (sulfide) groups is 1. The van der Waals surface area contributed by atoms with Crippen molar-refractivity contribution in [2.45, 2.75) is 4.34 Å². The third kappa shape index (κ3) is 4.78. The Bertz CT molecular complexity index is 878. The van der Waals surface area contributed by atoms with Crippen LogP contribution >= 0.6 is 34.4 Å². The third-order valence-corrected chi connectivity index (χ3v) is 5.74. The van der Waals surface area contributed by atoms with Crippen LogP contribution in [0.25, 0.3) is 0 Å². The maximum absolute atomic E-state index is 12.0. The number of anilines is 3. The zero-order valence-electron chi connectivity index (χ0n) is 12.8. The van der Waals surface area contributed by atoms with Gasteiger partial charge < -0.3 is 16.4 Å². The fraction of sp³-hybridized carbons (Fsp3) is 0.0667. The molecule has 0 bridgehead atoms. The fourth-order valence-electron chi connectivity index (χ4n) is 1.85. The summed E-state index contributed by atoms with van der Waals surface area (Å²) in [4.78, 5) is 23.3. The molecule has 2 amide bonds. The van der Waals surface area contributed by atoms with E-state index in [0.717, 1.165) is 5.69 Å². The molecule has 4 N–H and O–H groups in total. The lowest BCUT2D eigenvalue weighted by atomic mass is 10.3. The number of carbonyl (C=O) groups excluding carboxylic acids is 2. The summed E-state index contributed by atoms with van der Waals surface area (Å²) in [6.45, 7) is 0. The van der Waals surface area contributed by atoms with Crippen LogP contribution in [0.2, 0.25) is 0 Å². The minimum atomic E-state index is -0.565. The molecule has 0 unspecified atom stereocenters. The Labute approximate surface area is 155 Å². The Morgan fingerprint density at radius 3 is 2.72 bits per heavy atom. The van der Waals surface area contributed by atoms with Gasteiger partial charge in [0.2, 0.25) is 11.0 Å². The smallest absolute Gasteiger partial charge is 0.251 e. The summed E-state index contributed by atoms with van der Waals surface area (Å²) in [5.74, 6) is -0.636. The van der Waals surface area contributed by atoms with Gasteiger partial charge in [-0.1, -0.05) is 41.3 Å². The molecule has 3 rings (SSSR count). The van der Waals surface area contributed by atoms with E-state index in [1.807, 2.05) is 30.3 Å². The van der Waals surface area contributed by atoms with Gasteiger partial charge >= 0.3 is 0 Å². The Balaban J connectivity index is 1.52. The summed E-state index contributed by atoms with van der Waals surface area (Å²) < 4.78 is 0.676. The Kier molecular flexibility index (Phi) is 5.64. The molecule has 0 aliphatic carbocycles. The normalized spacial score (nSPS) is 10.4. The number of para-hydroxylation sites is 1. The van der Waals surface area contributed by atoms with Crippen LogP contribution in [0.4, 0.5) is 15.8 Å². The molecule has 0 atom stereocenters. The van der Waals surface area contributed by atoms with E-state index in [1.54, 1.807) is 11.4 Å². The van der Waals surface area contributed by atoms with Crippen LogP contribution in [0.15, 0.2) is 46.1 Å². The second-order valence-corrected chi connectivity index (χ2v) is 7.84. The molecule has 0 saturated heterocycles. The van der Waals surface area contributed by atoms with Crippen LogP contribution in [0.5, 0.6) is 0 Å².